The van der Waals surface area contributed by atoms with Gasteiger partial charge < -0.3 is 10.3 Å². The first-order chi connectivity index (χ1) is 9.90. The van der Waals surface area contributed by atoms with Gasteiger partial charge in [0, 0.05) is 24.5 Å². The maximum absolute atomic E-state index is 14.0. The van der Waals surface area contributed by atoms with Gasteiger partial charge in [0.1, 0.15) is 11.6 Å². The molecule has 0 saturated carbocycles. The molecule has 2 rings (SSSR count). The zero-order valence-electron chi connectivity index (χ0n) is 11.4. The molecule has 0 aliphatic rings. The van der Waals surface area contributed by atoms with Crippen molar-refractivity contribution >= 4 is 11.6 Å². The van der Waals surface area contributed by atoms with Crippen molar-refractivity contribution in [2.24, 2.45) is 0 Å². The van der Waals surface area contributed by atoms with Gasteiger partial charge in [0.25, 0.3) is 11.6 Å². The zero-order valence-corrected chi connectivity index (χ0v) is 11.4. The number of nitro groups is 1. The smallest absolute Gasteiger partial charge is 0.270 e. The third-order valence-corrected chi connectivity index (χ3v) is 2.97. The van der Waals surface area contributed by atoms with Gasteiger partial charge >= 0.3 is 0 Å². The summed E-state index contributed by atoms with van der Waals surface area (Å²) in [6.45, 7) is 3.04. The number of carbonyl (C=O) groups is 1. The van der Waals surface area contributed by atoms with E-state index in [-0.39, 0.29) is 16.8 Å². The van der Waals surface area contributed by atoms with E-state index in [1.165, 1.54) is 13.1 Å². The van der Waals surface area contributed by atoms with Gasteiger partial charge in [-0.3, -0.25) is 14.9 Å². The van der Waals surface area contributed by atoms with Crippen molar-refractivity contribution in [3.63, 3.8) is 0 Å². The largest absolute Gasteiger partial charge is 0.347 e. The fraction of sp³-hybridized carbons (Fsp3) is 0.231. The van der Waals surface area contributed by atoms with Crippen LogP contribution in [0.3, 0.4) is 0 Å². The lowest BCUT2D eigenvalue weighted by atomic mass is 10.1. The average Bonchev–Trinajstić information content (AvgIpc) is 2.95. The number of non-ortho nitro benzene ring substituents is 1. The van der Waals surface area contributed by atoms with Crippen LogP contribution in [0.15, 0.2) is 24.5 Å². The number of hydrogen-bond acceptors (Lipinski definition) is 4. The van der Waals surface area contributed by atoms with Gasteiger partial charge in [0.2, 0.25) is 0 Å². The molecule has 2 aromatic rings. The lowest BCUT2D eigenvalue weighted by Gasteiger charge is -2.12. The van der Waals surface area contributed by atoms with Gasteiger partial charge in [0.15, 0.2) is 0 Å². The van der Waals surface area contributed by atoms with E-state index < -0.39 is 22.7 Å². The summed E-state index contributed by atoms with van der Waals surface area (Å²) in [5, 5.41) is 13.3. The number of nitro benzene ring substituents is 1. The number of rotatable bonds is 4. The normalized spacial score (nSPS) is 12.0. The van der Waals surface area contributed by atoms with Crippen LogP contribution < -0.4 is 5.32 Å². The Hall–Kier alpha value is -2.77. The summed E-state index contributed by atoms with van der Waals surface area (Å²) < 4.78 is 14.0. The van der Waals surface area contributed by atoms with Crippen LogP contribution in [0.1, 0.15) is 34.7 Å². The Morgan fingerprint density at radius 1 is 1.52 bits per heavy atom. The second-order valence-corrected chi connectivity index (χ2v) is 4.55. The molecule has 0 aliphatic carbocycles. The first kappa shape index (κ1) is 14.6. The molecule has 0 aliphatic heterocycles. The van der Waals surface area contributed by atoms with Gasteiger partial charge in [-0.05, 0) is 19.4 Å². The summed E-state index contributed by atoms with van der Waals surface area (Å²) in [5.74, 6) is -1.00. The minimum atomic E-state index is -0.773. The average molecular weight is 292 g/mol. The number of aromatic amines is 1. The number of imidazole rings is 1. The van der Waals surface area contributed by atoms with Crippen LogP contribution in [0.4, 0.5) is 10.1 Å². The highest BCUT2D eigenvalue weighted by Crippen LogP contribution is 2.21. The molecule has 21 heavy (non-hydrogen) atoms. The van der Waals surface area contributed by atoms with Crippen molar-refractivity contribution in [3.05, 3.63) is 57.4 Å². The SMILES string of the molecule is Cc1cc([N+](=O)[O-])cc(C(=O)NC(C)c2ncc[nH]2)c1F. The van der Waals surface area contributed by atoms with Crippen molar-refractivity contribution in [1.82, 2.24) is 15.3 Å². The predicted octanol–water partition coefficient (Wildman–Crippen LogP) is 2.26. The van der Waals surface area contributed by atoms with Gasteiger partial charge in [-0.15, -0.1) is 0 Å². The van der Waals surface area contributed by atoms with Gasteiger partial charge in [-0.25, -0.2) is 9.37 Å². The van der Waals surface area contributed by atoms with Crippen LogP contribution in [0.25, 0.3) is 0 Å². The van der Waals surface area contributed by atoms with E-state index in [9.17, 15) is 19.3 Å². The van der Waals surface area contributed by atoms with Crippen molar-refractivity contribution < 1.29 is 14.1 Å². The molecule has 2 N–H and O–H groups in total. The Labute approximate surface area is 119 Å². The predicted molar refractivity (Wildman–Crippen MR) is 72.3 cm³/mol. The number of aryl methyl sites for hydroxylation is 1. The van der Waals surface area contributed by atoms with E-state index in [2.05, 4.69) is 15.3 Å². The van der Waals surface area contributed by atoms with E-state index in [1.54, 1.807) is 13.1 Å². The molecule has 0 bridgehead atoms. The van der Waals surface area contributed by atoms with Crippen LogP contribution in [-0.2, 0) is 0 Å². The van der Waals surface area contributed by atoms with E-state index in [0.717, 1.165) is 12.1 Å². The molecule has 1 aromatic carbocycles. The summed E-state index contributed by atoms with van der Waals surface area (Å²) in [6, 6.07) is 1.53. The minimum Gasteiger partial charge on any atom is -0.347 e. The number of carbonyl (C=O) groups excluding carboxylic acids is 1. The third kappa shape index (κ3) is 3.04. The topological polar surface area (TPSA) is 101 Å². The molecule has 1 amide bonds. The molecule has 1 heterocycles. The van der Waals surface area contributed by atoms with Gasteiger partial charge in [-0.1, -0.05) is 0 Å². The Bertz CT molecular complexity index is 685. The molecule has 7 nitrogen and oxygen atoms in total. The molecule has 1 aromatic heterocycles. The Balaban J connectivity index is 2.28. The minimum absolute atomic E-state index is 0.0417. The maximum Gasteiger partial charge on any atom is 0.270 e. The highest BCUT2D eigenvalue weighted by molar-refractivity contribution is 5.95. The molecule has 110 valence electrons. The molecular weight excluding hydrogens is 279 g/mol. The second-order valence-electron chi connectivity index (χ2n) is 4.55. The van der Waals surface area contributed by atoms with Crippen LogP contribution in [-0.4, -0.2) is 20.8 Å². The number of benzene rings is 1. The quantitative estimate of drug-likeness (QED) is 0.666. The summed E-state index contributed by atoms with van der Waals surface area (Å²) >= 11 is 0. The summed E-state index contributed by atoms with van der Waals surface area (Å²) in [7, 11) is 0. The molecular formula is C13H13FN4O3. The van der Waals surface area contributed by atoms with E-state index >= 15 is 0 Å². The second kappa shape index (κ2) is 5.70. The summed E-state index contributed by atoms with van der Waals surface area (Å²) in [6.07, 6.45) is 3.12. The molecule has 8 heteroatoms. The number of amides is 1. The zero-order chi connectivity index (χ0) is 15.6. The Morgan fingerprint density at radius 2 is 2.24 bits per heavy atom. The first-order valence-electron chi connectivity index (χ1n) is 6.15. The highest BCUT2D eigenvalue weighted by atomic mass is 19.1. The molecule has 0 fully saturated rings. The van der Waals surface area contributed by atoms with Crippen molar-refractivity contribution in [2.75, 3.05) is 0 Å². The number of nitrogens with one attached hydrogen (secondary N) is 2. The molecule has 0 saturated heterocycles. The van der Waals surface area contributed by atoms with Crippen molar-refractivity contribution in [2.45, 2.75) is 19.9 Å². The van der Waals surface area contributed by atoms with E-state index in [1.807, 2.05) is 0 Å². The van der Waals surface area contributed by atoms with Crippen LogP contribution in [0, 0.1) is 22.9 Å². The molecule has 1 unspecified atom stereocenters. The van der Waals surface area contributed by atoms with Crippen LogP contribution >= 0.6 is 0 Å². The van der Waals surface area contributed by atoms with Crippen molar-refractivity contribution in [3.8, 4) is 0 Å². The van der Waals surface area contributed by atoms with E-state index in [4.69, 9.17) is 0 Å². The fourth-order valence-electron chi connectivity index (χ4n) is 1.88. The number of H-pyrrole nitrogens is 1. The number of nitrogens with zero attached hydrogens (tertiary/aromatic N) is 2. The molecule has 0 radical (unpaired) electrons. The maximum atomic E-state index is 14.0. The monoisotopic (exact) mass is 292 g/mol. The number of halogens is 1. The molecule has 0 spiro atoms. The lowest BCUT2D eigenvalue weighted by molar-refractivity contribution is -0.385. The van der Waals surface area contributed by atoms with E-state index in [0.29, 0.717) is 5.82 Å². The fourth-order valence-corrected chi connectivity index (χ4v) is 1.88. The Morgan fingerprint density at radius 3 is 2.81 bits per heavy atom. The Kier molecular flexibility index (Phi) is 3.97. The summed E-state index contributed by atoms with van der Waals surface area (Å²) in [4.78, 5) is 29.0. The third-order valence-electron chi connectivity index (χ3n) is 2.97. The van der Waals surface area contributed by atoms with Gasteiger partial charge in [-0.2, -0.15) is 0 Å². The number of aromatic nitrogens is 2. The van der Waals surface area contributed by atoms with Crippen LogP contribution in [0.5, 0.6) is 0 Å². The first-order valence-corrected chi connectivity index (χ1v) is 6.15. The lowest BCUT2D eigenvalue weighted by Crippen LogP contribution is -2.28. The summed E-state index contributed by atoms with van der Waals surface area (Å²) in [5.41, 5.74) is -0.648. The standard InChI is InChI=1S/C13H13FN4O3/c1-7-5-9(18(20)21)6-10(11(7)14)13(19)17-8(2)12-15-3-4-16-12/h3-6,8H,1-2H3,(H,15,16)(H,17,19). The van der Waals surface area contributed by atoms with Crippen molar-refractivity contribution in [1.29, 1.82) is 0 Å². The highest BCUT2D eigenvalue weighted by Gasteiger charge is 2.21. The van der Waals surface area contributed by atoms with Crippen LogP contribution in [0.2, 0.25) is 0 Å². The molecule has 1 atom stereocenters. The number of hydrogen-bond donors (Lipinski definition) is 2. The van der Waals surface area contributed by atoms with Gasteiger partial charge in [0.05, 0.1) is 16.5 Å².